The number of methoxy groups -OCH3 is 1. The van der Waals surface area contributed by atoms with Crippen LogP contribution in [0, 0.1) is 13.8 Å². The molecule has 0 saturated heterocycles. The van der Waals surface area contributed by atoms with Crippen LogP contribution in [0.15, 0.2) is 48.5 Å². The predicted octanol–water partition coefficient (Wildman–Crippen LogP) is 4.57. The summed E-state index contributed by atoms with van der Waals surface area (Å²) in [5, 5.41) is 11.4. The molecule has 6 nitrogen and oxygen atoms in total. The molecular weight excluding hydrogens is 384 g/mol. The summed E-state index contributed by atoms with van der Waals surface area (Å²) in [4.78, 5) is 11.6. The number of Topliss-reactive ketones (excluding diaryl/α,β-unsaturated/α-hetero) is 1. The molecule has 0 aliphatic rings. The molecule has 0 aliphatic heterocycles. The van der Waals surface area contributed by atoms with Crippen molar-refractivity contribution in [2.45, 2.75) is 27.3 Å². The molecule has 0 unspecified atom stereocenters. The zero-order chi connectivity index (χ0) is 21.0. The Hall–Kier alpha value is -3.19. The molecule has 0 spiro atoms. The molecule has 7 heteroatoms. The molecule has 0 atom stereocenters. The molecular formula is C22H24N4O2S. The monoisotopic (exact) mass is 408 g/mol. The Labute approximate surface area is 175 Å². The van der Waals surface area contributed by atoms with Gasteiger partial charge >= 0.3 is 0 Å². The van der Waals surface area contributed by atoms with Crippen LogP contribution in [0.1, 0.15) is 34.2 Å². The second kappa shape index (κ2) is 8.87. The fourth-order valence-electron chi connectivity index (χ4n) is 3.07. The average molecular weight is 409 g/mol. The number of ether oxygens (including phenoxy) is 1. The Morgan fingerprint density at radius 3 is 2.62 bits per heavy atom. The highest BCUT2D eigenvalue weighted by molar-refractivity contribution is 7.80. The van der Waals surface area contributed by atoms with Crippen LogP contribution in [0.4, 0.5) is 11.4 Å². The van der Waals surface area contributed by atoms with Gasteiger partial charge in [-0.15, -0.1) is 0 Å². The van der Waals surface area contributed by atoms with Gasteiger partial charge in [0.15, 0.2) is 10.9 Å². The maximum atomic E-state index is 11.6. The molecule has 0 amide bonds. The van der Waals surface area contributed by atoms with E-state index in [1.54, 1.807) is 26.2 Å². The Morgan fingerprint density at radius 2 is 1.90 bits per heavy atom. The van der Waals surface area contributed by atoms with Crippen molar-refractivity contribution in [3.63, 3.8) is 0 Å². The van der Waals surface area contributed by atoms with Crippen LogP contribution in [0.2, 0.25) is 0 Å². The van der Waals surface area contributed by atoms with Gasteiger partial charge in [0, 0.05) is 11.3 Å². The smallest absolute Gasteiger partial charge is 0.175 e. The number of aryl methyl sites for hydroxylation is 1. The van der Waals surface area contributed by atoms with Gasteiger partial charge in [0.05, 0.1) is 30.7 Å². The van der Waals surface area contributed by atoms with Crippen molar-refractivity contribution in [1.29, 1.82) is 0 Å². The lowest BCUT2D eigenvalue weighted by molar-refractivity contribution is 0.101. The number of hydrogen-bond acceptors (Lipinski definition) is 4. The number of anilines is 2. The van der Waals surface area contributed by atoms with E-state index in [4.69, 9.17) is 17.0 Å². The normalized spacial score (nSPS) is 10.5. The molecule has 29 heavy (non-hydrogen) atoms. The molecule has 2 aromatic carbocycles. The van der Waals surface area contributed by atoms with Crippen LogP contribution >= 0.6 is 12.2 Å². The molecule has 0 fully saturated rings. The number of rotatable bonds is 6. The number of hydrogen-bond donors (Lipinski definition) is 2. The van der Waals surface area contributed by atoms with Gasteiger partial charge in [-0.3, -0.25) is 9.48 Å². The first-order chi connectivity index (χ1) is 13.9. The van der Waals surface area contributed by atoms with E-state index >= 15 is 0 Å². The van der Waals surface area contributed by atoms with Gasteiger partial charge < -0.3 is 15.4 Å². The van der Waals surface area contributed by atoms with Crippen molar-refractivity contribution >= 4 is 34.5 Å². The summed E-state index contributed by atoms with van der Waals surface area (Å²) < 4.78 is 7.23. The lowest BCUT2D eigenvalue weighted by Gasteiger charge is -2.12. The Morgan fingerprint density at radius 1 is 1.14 bits per heavy atom. The van der Waals surface area contributed by atoms with Gasteiger partial charge in [-0.1, -0.05) is 24.3 Å². The van der Waals surface area contributed by atoms with E-state index in [1.807, 2.05) is 54.9 Å². The molecule has 0 bridgehead atoms. The zero-order valence-corrected chi connectivity index (χ0v) is 17.8. The number of aromatic nitrogens is 2. The molecule has 0 aliphatic carbocycles. The summed E-state index contributed by atoms with van der Waals surface area (Å²) in [6, 6.07) is 15.2. The van der Waals surface area contributed by atoms with E-state index in [2.05, 4.69) is 15.7 Å². The number of nitrogens with zero attached hydrogens (tertiary/aromatic N) is 2. The van der Waals surface area contributed by atoms with E-state index in [0.29, 0.717) is 17.2 Å². The van der Waals surface area contributed by atoms with Crippen molar-refractivity contribution in [2.24, 2.45) is 0 Å². The number of thiocarbonyl (C=S) groups is 1. The van der Waals surface area contributed by atoms with E-state index in [-0.39, 0.29) is 5.78 Å². The molecule has 1 heterocycles. The van der Waals surface area contributed by atoms with Gasteiger partial charge in [-0.2, -0.15) is 5.10 Å². The Balaban J connectivity index is 1.73. The second-order valence-electron chi connectivity index (χ2n) is 6.77. The fourth-order valence-corrected chi connectivity index (χ4v) is 3.29. The molecule has 0 radical (unpaired) electrons. The Kier molecular flexibility index (Phi) is 6.29. The highest BCUT2D eigenvalue weighted by Crippen LogP contribution is 2.22. The van der Waals surface area contributed by atoms with Gasteiger partial charge in [0.25, 0.3) is 0 Å². The first kappa shape index (κ1) is 20.5. The van der Waals surface area contributed by atoms with Crippen LogP contribution in [0.5, 0.6) is 5.75 Å². The quantitative estimate of drug-likeness (QED) is 0.460. The number of ketones is 1. The summed E-state index contributed by atoms with van der Waals surface area (Å²) in [5.74, 6) is 0.832. The highest BCUT2D eigenvalue weighted by Gasteiger charge is 2.13. The summed E-state index contributed by atoms with van der Waals surface area (Å²) in [6.45, 7) is 6.11. The largest absolute Gasteiger partial charge is 0.497 e. The van der Waals surface area contributed by atoms with Crippen molar-refractivity contribution in [1.82, 2.24) is 9.78 Å². The summed E-state index contributed by atoms with van der Waals surface area (Å²) in [7, 11) is 1.66. The van der Waals surface area contributed by atoms with Crippen molar-refractivity contribution in [2.75, 3.05) is 17.7 Å². The zero-order valence-electron chi connectivity index (χ0n) is 16.9. The standard InChI is InChI=1S/C22H24N4O2S/c1-14-21(24-22(29)23-19-9-6-8-18(12-19)16(3)27)15(2)26(25-14)13-17-7-5-10-20(11-17)28-4/h5-12H,13H2,1-4H3,(H2,23,24,29). The van der Waals surface area contributed by atoms with Gasteiger partial charge in [-0.25, -0.2) is 0 Å². The predicted molar refractivity (Wildman–Crippen MR) is 120 cm³/mol. The van der Waals surface area contributed by atoms with Crippen LogP contribution in [0.3, 0.4) is 0 Å². The maximum absolute atomic E-state index is 11.6. The Bertz CT molecular complexity index is 1060. The van der Waals surface area contributed by atoms with E-state index in [1.165, 1.54) is 0 Å². The van der Waals surface area contributed by atoms with Gasteiger partial charge in [0.2, 0.25) is 0 Å². The van der Waals surface area contributed by atoms with Crippen LogP contribution in [-0.4, -0.2) is 27.8 Å². The number of carbonyl (C=O) groups excluding carboxylic acids is 1. The topological polar surface area (TPSA) is 68.2 Å². The van der Waals surface area contributed by atoms with E-state index < -0.39 is 0 Å². The summed E-state index contributed by atoms with van der Waals surface area (Å²) >= 11 is 5.46. The van der Waals surface area contributed by atoms with Crippen molar-refractivity contribution in [3.05, 3.63) is 71.0 Å². The average Bonchev–Trinajstić information content (AvgIpc) is 2.95. The molecule has 2 N–H and O–H groups in total. The maximum Gasteiger partial charge on any atom is 0.175 e. The van der Waals surface area contributed by atoms with E-state index in [0.717, 1.165) is 34.1 Å². The van der Waals surface area contributed by atoms with Crippen molar-refractivity contribution < 1.29 is 9.53 Å². The lowest BCUT2D eigenvalue weighted by atomic mass is 10.1. The van der Waals surface area contributed by atoms with Gasteiger partial charge in [0.1, 0.15) is 5.75 Å². The highest BCUT2D eigenvalue weighted by atomic mass is 32.1. The van der Waals surface area contributed by atoms with Gasteiger partial charge in [-0.05, 0) is 62.8 Å². The minimum atomic E-state index is 0.0121. The van der Waals surface area contributed by atoms with Crippen LogP contribution in [-0.2, 0) is 6.54 Å². The van der Waals surface area contributed by atoms with Crippen molar-refractivity contribution in [3.8, 4) is 5.75 Å². The first-order valence-corrected chi connectivity index (χ1v) is 9.64. The third-order valence-corrected chi connectivity index (χ3v) is 4.82. The summed E-state index contributed by atoms with van der Waals surface area (Å²) in [6.07, 6.45) is 0. The summed E-state index contributed by atoms with van der Waals surface area (Å²) in [5.41, 5.74) is 5.20. The molecule has 3 rings (SSSR count). The van der Waals surface area contributed by atoms with Crippen LogP contribution in [0.25, 0.3) is 0 Å². The third kappa shape index (κ3) is 5.00. The number of carbonyl (C=O) groups is 1. The van der Waals surface area contributed by atoms with E-state index in [9.17, 15) is 4.79 Å². The molecule has 0 saturated carbocycles. The number of benzene rings is 2. The first-order valence-electron chi connectivity index (χ1n) is 9.23. The molecule has 3 aromatic rings. The van der Waals surface area contributed by atoms with Crippen LogP contribution < -0.4 is 15.4 Å². The fraction of sp³-hybridized carbons (Fsp3) is 0.227. The molecule has 1 aromatic heterocycles. The third-order valence-electron chi connectivity index (χ3n) is 4.61. The number of nitrogens with one attached hydrogen (secondary N) is 2. The lowest BCUT2D eigenvalue weighted by Crippen LogP contribution is -2.20. The SMILES string of the molecule is COc1cccc(Cn2nc(C)c(NC(=S)Nc3cccc(C(C)=O)c3)c2C)c1. The minimum Gasteiger partial charge on any atom is -0.497 e. The minimum absolute atomic E-state index is 0.0121. The molecule has 150 valence electrons. The second-order valence-corrected chi connectivity index (χ2v) is 7.18.